The molecule has 3 rings (SSSR count). The lowest BCUT2D eigenvalue weighted by molar-refractivity contribution is 0.0932. The fourth-order valence-corrected chi connectivity index (χ4v) is 2.99. The first-order valence-corrected chi connectivity index (χ1v) is 9.21. The Balaban J connectivity index is 1.60. The molecule has 1 aromatic carbocycles. The summed E-state index contributed by atoms with van der Waals surface area (Å²) in [4.78, 5) is 12.5. The van der Waals surface area contributed by atoms with Gasteiger partial charge in [0.1, 0.15) is 17.3 Å². The van der Waals surface area contributed by atoms with E-state index < -0.39 is 5.82 Å². The monoisotopic (exact) mass is 405 g/mol. The number of amides is 1. The fourth-order valence-electron chi connectivity index (χ4n) is 2.82. The van der Waals surface area contributed by atoms with Crippen molar-refractivity contribution in [3.8, 4) is 5.75 Å². The average Bonchev–Trinajstić information content (AvgIpc) is 3.29. The van der Waals surface area contributed by atoms with Crippen LogP contribution in [0.25, 0.3) is 0 Å². The molecular formula is C19H21ClFN5O2. The van der Waals surface area contributed by atoms with E-state index in [4.69, 9.17) is 16.3 Å². The van der Waals surface area contributed by atoms with Crippen LogP contribution in [0.4, 0.5) is 4.39 Å². The Morgan fingerprint density at radius 1 is 1.39 bits per heavy atom. The number of hydrogen-bond donors (Lipinski definition) is 1. The minimum Gasteiger partial charge on any atom is -0.471 e. The Hall–Kier alpha value is -2.87. The van der Waals surface area contributed by atoms with E-state index >= 15 is 0 Å². The summed E-state index contributed by atoms with van der Waals surface area (Å²) in [5.41, 5.74) is 2.26. The molecule has 7 nitrogen and oxygen atoms in total. The third kappa shape index (κ3) is 4.33. The highest BCUT2D eigenvalue weighted by atomic mass is 35.5. The topological polar surface area (TPSA) is 74.0 Å². The zero-order valence-electron chi connectivity index (χ0n) is 15.8. The lowest BCUT2D eigenvalue weighted by atomic mass is 10.1. The molecule has 0 bridgehead atoms. The van der Waals surface area contributed by atoms with Crippen molar-refractivity contribution in [1.82, 2.24) is 24.9 Å². The van der Waals surface area contributed by atoms with Crippen LogP contribution in [-0.2, 0) is 13.3 Å². The molecule has 0 aliphatic rings. The molecule has 9 heteroatoms. The van der Waals surface area contributed by atoms with Crippen LogP contribution in [-0.4, -0.2) is 25.5 Å². The molecule has 1 unspecified atom stereocenters. The second-order valence-corrected chi connectivity index (χ2v) is 6.69. The zero-order chi connectivity index (χ0) is 20.3. The van der Waals surface area contributed by atoms with E-state index in [1.807, 2.05) is 25.5 Å². The zero-order valence-corrected chi connectivity index (χ0v) is 16.6. The second-order valence-electron chi connectivity index (χ2n) is 6.29. The smallest absolute Gasteiger partial charge is 0.272 e. The lowest BCUT2D eigenvalue weighted by Crippen LogP contribution is -2.27. The van der Waals surface area contributed by atoms with Gasteiger partial charge in [0.05, 0.1) is 17.3 Å². The number of aryl methyl sites for hydroxylation is 1. The SMILES string of the molecule is CCn1ncc(C(C)NC(=O)c2ccn(COc3ccc(F)c(Cl)c3)n2)c1C. The normalized spacial score (nSPS) is 12.0. The van der Waals surface area contributed by atoms with Crippen LogP contribution in [0.3, 0.4) is 0 Å². The van der Waals surface area contributed by atoms with Crippen LogP contribution < -0.4 is 10.1 Å². The Kier molecular flexibility index (Phi) is 5.99. The fraction of sp³-hybridized carbons (Fsp3) is 0.316. The van der Waals surface area contributed by atoms with Gasteiger partial charge in [0, 0.05) is 30.1 Å². The Labute approximate surface area is 167 Å². The molecular weight excluding hydrogens is 385 g/mol. The largest absolute Gasteiger partial charge is 0.471 e. The summed E-state index contributed by atoms with van der Waals surface area (Å²) in [7, 11) is 0. The molecule has 1 atom stereocenters. The minimum absolute atomic E-state index is 0.0197. The molecule has 0 aliphatic carbocycles. The van der Waals surface area contributed by atoms with E-state index in [1.54, 1.807) is 18.5 Å². The van der Waals surface area contributed by atoms with E-state index in [0.29, 0.717) is 5.75 Å². The first-order chi connectivity index (χ1) is 13.4. The maximum atomic E-state index is 13.2. The number of rotatable bonds is 7. The van der Waals surface area contributed by atoms with Gasteiger partial charge in [-0.1, -0.05) is 11.6 Å². The molecule has 0 aliphatic heterocycles. The number of benzene rings is 1. The van der Waals surface area contributed by atoms with Crippen molar-refractivity contribution in [3.63, 3.8) is 0 Å². The highest BCUT2D eigenvalue weighted by Crippen LogP contribution is 2.21. The van der Waals surface area contributed by atoms with E-state index in [2.05, 4.69) is 15.5 Å². The third-order valence-electron chi connectivity index (χ3n) is 4.38. The number of ether oxygens (including phenoxy) is 1. The predicted molar refractivity (Wildman–Crippen MR) is 103 cm³/mol. The van der Waals surface area contributed by atoms with Gasteiger partial charge in [0.25, 0.3) is 5.91 Å². The predicted octanol–water partition coefficient (Wildman–Crippen LogP) is 3.73. The summed E-state index contributed by atoms with van der Waals surface area (Å²) < 4.78 is 22.0. The highest BCUT2D eigenvalue weighted by Gasteiger charge is 2.17. The van der Waals surface area contributed by atoms with E-state index in [-0.39, 0.29) is 29.4 Å². The van der Waals surface area contributed by atoms with E-state index in [0.717, 1.165) is 17.8 Å². The number of halogens is 2. The van der Waals surface area contributed by atoms with Gasteiger partial charge >= 0.3 is 0 Å². The van der Waals surface area contributed by atoms with Crippen LogP contribution in [0.1, 0.15) is 41.6 Å². The molecule has 0 saturated carbocycles. The number of nitrogens with one attached hydrogen (secondary N) is 1. The molecule has 0 radical (unpaired) electrons. The van der Waals surface area contributed by atoms with Gasteiger partial charge in [-0.05, 0) is 39.0 Å². The Bertz CT molecular complexity index is 985. The third-order valence-corrected chi connectivity index (χ3v) is 4.67. The van der Waals surface area contributed by atoms with Gasteiger partial charge in [0.2, 0.25) is 0 Å². The van der Waals surface area contributed by atoms with Crippen LogP contribution in [0, 0.1) is 12.7 Å². The van der Waals surface area contributed by atoms with Gasteiger partial charge in [-0.15, -0.1) is 0 Å². The van der Waals surface area contributed by atoms with Gasteiger partial charge in [-0.2, -0.15) is 10.2 Å². The van der Waals surface area contributed by atoms with Crippen LogP contribution in [0.5, 0.6) is 5.75 Å². The second kappa shape index (κ2) is 8.43. The maximum Gasteiger partial charge on any atom is 0.272 e. The van der Waals surface area contributed by atoms with Gasteiger partial charge in [-0.3, -0.25) is 9.48 Å². The van der Waals surface area contributed by atoms with Crippen molar-refractivity contribution in [2.24, 2.45) is 0 Å². The minimum atomic E-state index is -0.513. The van der Waals surface area contributed by atoms with E-state index in [1.165, 1.54) is 22.9 Å². The van der Waals surface area contributed by atoms with Crippen molar-refractivity contribution in [1.29, 1.82) is 0 Å². The Morgan fingerprint density at radius 3 is 2.86 bits per heavy atom. The molecule has 0 fully saturated rings. The van der Waals surface area contributed by atoms with Crippen LogP contribution >= 0.6 is 11.6 Å². The first-order valence-electron chi connectivity index (χ1n) is 8.83. The number of hydrogen-bond acceptors (Lipinski definition) is 4. The summed E-state index contributed by atoms with van der Waals surface area (Å²) in [6.07, 6.45) is 3.40. The van der Waals surface area contributed by atoms with Crippen LogP contribution in [0.15, 0.2) is 36.7 Å². The lowest BCUT2D eigenvalue weighted by Gasteiger charge is -2.13. The maximum absolute atomic E-state index is 13.2. The Morgan fingerprint density at radius 2 is 2.18 bits per heavy atom. The molecule has 2 aromatic heterocycles. The van der Waals surface area contributed by atoms with Gasteiger partial charge < -0.3 is 10.1 Å². The summed E-state index contributed by atoms with van der Waals surface area (Å²) >= 11 is 5.73. The van der Waals surface area contributed by atoms with Crippen LogP contribution in [0.2, 0.25) is 5.02 Å². The summed E-state index contributed by atoms with van der Waals surface area (Å²) in [5, 5.41) is 11.4. The first kappa shape index (κ1) is 19.9. The molecule has 28 heavy (non-hydrogen) atoms. The number of carbonyl (C=O) groups is 1. The highest BCUT2D eigenvalue weighted by molar-refractivity contribution is 6.30. The van der Waals surface area contributed by atoms with E-state index in [9.17, 15) is 9.18 Å². The number of aromatic nitrogens is 4. The number of nitrogens with zero attached hydrogens (tertiary/aromatic N) is 4. The van der Waals surface area contributed by atoms with Crippen molar-refractivity contribution in [3.05, 3.63) is 64.5 Å². The molecule has 0 spiro atoms. The van der Waals surface area contributed by atoms with Crippen molar-refractivity contribution in [2.45, 2.75) is 40.1 Å². The molecule has 3 aromatic rings. The summed E-state index contributed by atoms with van der Waals surface area (Å²) in [5.74, 6) is -0.398. The quantitative estimate of drug-likeness (QED) is 0.650. The molecule has 1 N–H and O–H groups in total. The molecule has 148 valence electrons. The van der Waals surface area contributed by atoms with Crippen molar-refractivity contribution >= 4 is 17.5 Å². The number of carbonyl (C=O) groups excluding carboxylic acids is 1. The van der Waals surface area contributed by atoms with Gasteiger partial charge in [0.15, 0.2) is 6.73 Å². The molecule has 2 heterocycles. The molecule has 0 saturated heterocycles. The molecule has 1 amide bonds. The van der Waals surface area contributed by atoms with Crippen molar-refractivity contribution in [2.75, 3.05) is 0 Å². The summed E-state index contributed by atoms with van der Waals surface area (Å²) in [6, 6.07) is 5.48. The van der Waals surface area contributed by atoms with Gasteiger partial charge in [-0.25, -0.2) is 9.07 Å². The average molecular weight is 406 g/mol. The summed E-state index contributed by atoms with van der Waals surface area (Å²) in [6.45, 7) is 6.73. The van der Waals surface area contributed by atoms with Crippen molar-refractivity contribution < 1.29 is 13.9 Å². The standard InChI is InChI=1S/C19H21ClFN5O2/c1-4-26-13(3)15(10-22-26)12(2)23-19(27)18-7-8-25(24-18)11-28-14-5-6-17(21)16(20)9-14/h5-10,12H,4,11H2,1-3H3,(H,23,27).